The van der Waals surface area contributed by atoms with E-state index in [2.05, 4.69) is 37.3 Å². The SMILES string of the molecule is Cc1ccc(-c2cc([C@@H]3CCN(C(=O)[C@H]4CCCO4)C3)nc(N(C)C)n2)cc1. The molecule has 0 spiro atoms. The Morgan fingerprint density at radius 1 is 1.18 bits per heavy atom. The van der Waals surface area contributed by atoms with Crippen LogP contribution in [-0.2, 0) is 9.53 Å². The molecule has 0 saturated carbocycles. The Hall–Kier alpha value is -2.47. The summed E-state index contributed by atoms with van der Waals surface area (Å²) in [6, 6.07) is 10.5. The van der Waals surface area contributed by atoms with Crippen molar-refractivity contribution >= 4 is 11.9 Å². The van der Waals surface area contributed by atoms with E-state index in [0.29, 0.717) is 19.1 Å². The van der Waals surface area contributed by atoms with E-state index in [1.54, 1.807) is 0 Å². The van der Waals surface area contributed by atoms with E-state index in [0.717, 1.165) is 42.8 Å². The lowest BCUT2D eigenvalue weighted by Gasteiger charge is -2.20. The van der Waals surface area contributed by atoms with Crippen molar-refractivity contribution in [3.05, 3.63) is 41.6 Å². The molecule has 1 aromatic carbocycles. The van der Waals surface area contributed by atoms with Crippen molar-refractivity contribution in [3.63, 3.8) is 0 Å². The molecule has 6 heteroatoms. The first kappa shape index (κ1) is 18.9. The smallest absolute Gasteiger partial charge is 0.251 e. The van der Waals surface area contributed by atoms with Crippen LogP contribution in [0.25, 0.3) is 11.3 Å². The molecule has 1 amide bonds. The number of carbonyl (C=O) groups is 1. The third kappa shape index (κ3) is 3.87. The number of likely N-dealkylation sites (tertiary alicyclic amines) is 1. The average molecular weight is 380 g/mol. The molecule has 4 rings (SSSR count). The summed E-state index contributed by atoms with van der Waals surface area (Å²) in [7, 11) is 3.92. The molecule has 0 unspecified atom stereocenters. The molecular formula is C22H28N4O2. The second-order valence-electron chi connectivity index (χ2n) is 8.01. The van der Waals surface area contributed by atoms with Crippen molar-refractivity contribution in [1.82, 2.24) is 14.9 Å². The van der Waals surface area contributed by atoms with E-state index in [1.165, 1.54) is 5.56 Å². The van der Waals surface area contributed by atoms with Gasteiger partial charge in [0.25, 0.3) is 5.91 Å². The summed E-state index contributed by atoms with van der Waals surface area (Å²) in [6.07, 6.45) is 2.50. The van der Waals surface area contributed by atoms with Crippen LogP contribution in [-0.4, -0.2) is 60.7 Å². The maximum Gasteiger partial charge on any atom is 0.251 e. The summed E-state index contributed by atoms with van der Waals surface area (Å²) < 4.78 is 5.58. The van der Waals surface area contributed by atoms with E-state index in [9.17, 15) is 4.79 Å². The van der Waals surface area contributed by atoms with Gasteiger partial charge in [-0.15, -0.1) is 0 Å². The Bertz CT molecular complexity index is 844. The molecule has 0 N–H and O–H groups in total. The highest BCUT2D eigenvalue weighted by Gasteiger charge is 2.34. The van der Waals surface area contributed by atoms with Gasteiger partial charge in [-0.05, 0) is 32.3 Å². The van der Waals surface area contributed by atoms with Gasteiger partial charge in [0, 0.05) is 45.3 Å². The summed E-state index contributed by atoms with van der Waals surface area (Å²) >= 11 is 0. The Balaban J connectivity index is 1.58. The second-order valence-corrected chi connectivity index (χ2v) is 8.01. The molecule has 0 bridgehead atoms. The summed E-state index contributed by atoms with van der Waals surface area (Å²) in [5, 5.41) is 0. The van der Waals surface area contributed by atoms with E-state index >= 15 is 0 Å². The summed E-state index contributed by atoms with van der Waals surface area (Å²) in [5.74, 6) is 1.08. The van der Waals surface area contributed by atoms with Crippen LogP contribution < -0.4 is 4.90 Å². The number of rotatable bonds is 4. The molecule has 6 nitrogen and oxygen atoms in total. The number of carbonyl (C=O) groups excluding carboxylic acids is 1. The number of ether oxygens (including phenoxy) is 1. The monoisotopic (exact) mass is 380 g/mol. The Kier molecular flexibility index (Phi) is 5.31. The second kappa shape index (κ2) is 7.87. The molecule has 0 radical (unpaired) electrons. The fraction of sp³-hybridized carbons (Fsp3) is 0.500. The Morgan fingerprint density at radius 2 is 1.96 bits per heavy atom. The van der Waals surface area contributed by atoms with Crippen LogP contribution in [0.1, 0.15) is 36.4 Å². The normalized spacial score (nSPS) is 21.9. The van der Waals surface area contributed by atoms with Gasteiger partial charge in [-0.2, -0.15) is 0 Å². The molecule has 2 aromatic rings. The molecule has 2 saturated heterocycles. The zero-order chi connectivity index (χ0) is 19.7. The largest absolute Gasteiger partial charge is 0.368 e. The van der Waals surface area contributed by atoms with E-state index in [1.807, 2.05) is 23.9 Å². The van der Waals surface area contributed by atoms with Crippen molar-refractivity contribution < 1.29 is 9.53 Å². The summed E-state index contributed by atoms with van der Waals surface area (Å²) in [6.45, 7) is 4.25. The molecule has 3 heterocycles. The molecule has 2 aliphatic heterocycles. The summed E-state index contributed by atoms with van der Waals surface area (Å²) in [5.41, 5.74) is 4.25. The fourth-order valence-electron chi connectivity index (χ4n) is 3.91. The van der Waals surface area contributed by atoms with Gasteiger partial charge in [0.15, 0.2) is 0 Å². The molecule has 2 aliphatic rings. The topological polar surface area (TPSA) is 58.6 Å². The van der Waals surface area contributed by atoms with Gasteiger partial charge in [-0.25, -0.2) is 9.97 Å². The summed E-state index contributed by atoms with van der Waals surface area (Å²) in [4.78, 5) is 26.1. The molecule has 0 aliphatic carbocycles. The highest BCUT2D eigenvalue weighted by atomic mass is 16.5. The molecule has 28 heavy (non-hydrogen) atoms. The predicted molar refractivity (Wildman–Crippen MR) is 109 cm³/mol. The van der Waals surface area contributed by atoms with E-state index in [4.69, 9.17) is 14.7 Å². The van der Waals surface area contributed by atoms with E-state index in [-0.39, 0.29) is 17.9 Å². The number of anilines is 1. The molecular weight excluding hydrogens is 352 g/mol. The number of benzene rings is 1. The fourth-order valence-corrected chi connectivity index (χ4v) is 3.91. The zero-order valence-corrected chi connectivity index (χ0v) is 16.9. The van der Waals surface area contributed by atoms with Crippen LogP contribution in [0.3, 0.4) is 0 Å². The van der Waals surface area contributed by atoms with E-state index < -0.39 is 0 Å². The number of hydrogen-bond donors (Lipinski definition) is 0. The number of hydrogen-bond acceptors (Lipinski definition) is 5. The highest BCUT2D eigenvalue weighted by molar-refractivity contribution is 5.81. The predicted octanol–water partition coefficient (Wildman–Crippen LogP) is 3.01. The first-order valence-corrected chi connectivity index (χ1v) is 10.0. The van der Waals surface area contributed by atoms with Crippen LogP contribution >= 0.6 is 0 Å². The third-order valence-electron chi connectivity index (χ3n) is 5.60. The maximum atomic E-state index is 12.7. The first-order valence-electron chi connectivity index (χ1n) is 10.0. The first-order chi connectivity index (χ1) is 13.5. The third-order valence-corrected chi connectivity index (χ3v) is 5.60. The van der Waals surface area contributed by atoms with Crippen LogP contribution in [0.5, 0.6) is 0 Å². The Labute approximate surface area is 166 Å². The lowest BCUT2D eigenvalue weighted by Crippen LogP contribution is -2.37. The molecule has 2 atom stereocenters. The number of nitrogens with zero attached hydrogens (tertiary/aromatic N) is 4. The van der Waals surface area contributed by atoms with Gasteiger partial charge < -0.3 is 14.5 Å². The van der Waals surface area contributed by atoms with Crippen molar-refractivity contribution in [2.24, 2.45) is 0 Å². The van der Waals surface area contributed by atoms with Crippen molar-refractivity contribution in [3.8, 4) is 11.3 Å². The minimum Gasteiger partial charge on any atom is -0.368 e. The Morgan fingerprint density at radius 3 is 2.64 bits per heavy atom. The van der Waals surface area contributed by atoms with Gasteiger partial charge in [-0.1, -0.05) is 29.8 Å². The lowest BCUT2D eigenvalue weighted by atomic mass is 10.0. The minimum atomic E-state index is -0.246. The van der Waals surface area contributed by atoms with Crippen molar-refractivity contribution in [2.45, 2.75) is 38.2 Å². The molecule has 2 fully saturated rings. The molecule has 148 valence electrons. The van der Waals surface area contributed by atoms with Gasteiger partial charge in [-0.3, -0.25) is 4.79 Å². The van der Waals surface area contributed by atoms with Gasteiger partial charge in [0.2, 0.25) is 5.95 Å². The zero-order valence-electron chi connectivity index (χ0n) is 16.9. The highest BCUT2D eigenvalue weighted by Crippen LogP contribution is 2.31. The minimum absolute atomic E-state index is 0.139. The van der Waals surface area contributed by atoms with Gasteiger partial charge in [0.05, 0.1) is 11.4 Å². The average Bonchev–Trinajstić information content (AvgIpc) is 3.40. The van der Waals surface area contributed by atoms with Crippen molar-refractivity contribution in [1.29, 1.82) is 0 Å². The quantitative estimate of drug-likeness (QED) is 0.816. The maximum absolute atomic E-state index is 12.7. The number of aromatic nitrogens is 2. The van der Waals surface area contributed by atoms with Crippen LogP contribution in [0.4, 0.5) is 5.95 Å². The number of aryl methyl sites for hydroxylation is 1. The van der Waals surface area contributed by atoms with Gasteiger partial charge in [0.1, 0.15) is 6.10 Å². The number of amides is 1. The van der Waals surface area contributed by atoms with Crippen LogP contribution in [0.2, 0.25) is 0 Å². The van der Waals surface area contributed by atoms with Gasteiger partial charge >= 0.3 is 0 Å². The molecule has 1 aromatic heterocycles. The lowest BCUT2D eigenvalue weighted by molar-refractivity contribution is -0.139. The van der Waals surface area contributed by atoms with Crippen LogP contribution in [0.15, 0.2) is 30.3 Å². The van der Waals surface area contributed by atoms with Crippen LogP contribution in [0, 0.1) is 6.92 Å². The van der Waals surface area contributed by atoms with Crippen molar-refractivity contribution in [2.75, 3.05) is 38.7 Å². The standard InChI is InChI=1S/C22H28N4O2/c1-15-6-8-16(9-7-15)18-13-19(24-22(23-18)25(2)3)17-10-11-26(14-17)21(27)20-5-4-12-28-20/h6-9,13,17,20H,4-5,10-12,14H2,1-3H3/t17-,20-/m1/s1.